The second kappa shape index (κ2) is 7.59. The zero-order valence-electron chi connectivity index (χ0n) is 11.3. The fourth-order valence-corrected chi connectivity index (χ4v) is 1.82. The van der Waals surface area contributed by atoms with E-state index in [2.05, 4.69) is 0 Å². The molecule has 0 aliphatic heterocycles. The highest BCUT2D eigenvalue weighted by Crippen LogP contribution is 2.18. The third kappa shape index (κ3) is 4.97. The van der Waals surface area contributed by atoms with Crippen LogP contribution in [0.2, 0.25) is 0 Å². The van der Waals surface area contributed by atoms with Crippen molar-refractivity contribution < 1.29 is 24.2 Å². The van der Waals surface area contributed by atoms with E-state index in [1.807, 2.05) is 0 Å². The molecule has 1 aromatic carbocycles. The van der Waals surface area contributed by atoms with E-state index in [1.54, 1.807) is 6.92 Å². The highest BCUT2D eigenvalue weighted by atomic mass is 19.1. The Morgan fingerprint density at radius 2 is 2.10 bits per heavy atom. The number of rotatable bonds is 7. The van der Waals surface area contributed by atoms with Crippen molar-refractivity contribution in [2.75, 3.05) is 13.1 Å². The molecule has 0 saturated heterocycles. The first-order valence-corrected chi connectivity index (χ1v) is 6.37. The number of hydrogen-bond acceptors (Lipinski definition) is 3. The van der Waals surface area contributed by atoms with Crippen molar-refractivity contribution in [3.63, 3.8) is 0 Å². The molecule has 0 aliphatic carbocycles. The number of amides is 1. The van der Waals surface area contributed by atoms with E-state index in [9.17, 15) is 19.1 Å². The van der Waals surface area contributed by atoms with Gasteiger partial charge < -0.3 is 15.1 Å². The molecule has 0 heterocycles. The Kier molecular flexibility index (Phi) is 6.11. The van der Waals surface area contributed by atoms with Gasteiger partial charge in [-0.05, 0) is 24.6 Å². The predicted octanol–water partition coefficient (Wildman–Crippen LogP) is 1.57. The fourth-order valence-electron chi connectivity index (χ4n) is 1.82. The first kappa shape index (κ1) is 16.1. The summed E-state index contributed by atoms with van der Waals surface area (Å²) in [6, 6.07) is 5.42. The van der Waals surface area contributed by atoms with Gasteiger partial charge in [0.15, 0.2) is 0 Å². The van der Waals surface area contributed by atoms with Crippen LogP contribution in [0.25, 0.3) is 0 Å². The molecule has 0 aromatic heterocycles. The number of nitrogens with zero attached hydrogens (tertiary/aromatic N) is 1. The lowest BCUT2D eigenvalue weighted by molar-refractivity contribution is -0.138. The molecule has 1 rings (SSSR count). The van der Waals surface area contributed by atoms with Gasteiger partial charge in [0.05, 0.1) is 18.9 Å². The molecule has 1 atom stereocenters. The molecule has 0 spiro atoms. The van der Waals surface area contributed by atoms with Gasteiger partial charge in [0, 0.05) is 13.1 Å². The van der Waals surface area contributed by atoms with Crippen molar-refractivity contribution in [1.82, 2.24) is 4.90 Å². The monoisotopic (exact) mass is 283 g/mol. The predicted molar refractivity (Wildman–Crippen MR) is 70.5 cm³/mol. The van der Waals surface area contributed by atoms with Gasteiger partial charge in [-0.1, -0.05) is 12.1 Å². The van der Waals surface area contributed by atoms with Crippen LogP contribution < -0.4 is 0 Å². The summed E-state index contributed by atoms with van der Waals surface area (Å²) in [5.41, 5.74) is 0.327. The Hall–Kier alpha value is -1.95. The van der Waals surface area contributed by atoms with Gasteiger partial charge in [0.2, 0.25) is 5.91 Å². The summed E-state index contributed by atoms with van der Waals surface area (Å²) in [7, 11) is 0. The normalized spacial score (nSPS) is 11.9. The van der Waals surface area contributed by atoms with Crippen LogP contribution >= 0.6 is 0 Å². The van der Waals surface area contributed by atoms with Gasteiger partial charge in [-0.25, -0.2) is 4.39 Å². The van der Waals surface area contributed by atoms with Crippen molar-refractivity contribution in [3.05, 3.63) is 35.6 Å². The molecule has 1 unspecified atom stereocenters. The third-order valence-corrected chi connectivity index (χ3v) is 2.93. The summed E-state index contributed by atoms with van der Waals surface area (Å²) < 4.78 is 13.0. The van der Waals surface area contributed by atoms with Gasteiger partial charge >= 0.3 is 5.97 Å². The lowest BCUT2D eigenvalue weighted by Crippen LogP contribution is -2.33. The summed E-state index contributed by atoms with van der Waals surface area (Å²) >= 11 is 0. The number of hydrogen-bond donors (Lipinski definition) is 2. The average Bonchev–Trinajstić information content (AvgIpc) is 2.39. The maximum absolute atomic E-state index is 13.0. The van der Waals surface area contributed by atoms with Gasteiger partial charge in [0.25, 0.3) is 0 Å². The first-order chi connectivity index (χ1) is 9.43. The number of aliphatic carboxylic acids is 1. The Balaban J connectivity index is 2.61. The minimum Gasteiger partial charge on any atom is -0.481 e. The molecule has 0 bridgehead atoms. The molecule has 20 heavy (non-hydrogen) atoms. The van der Waals surface area contributed by atoms with Crippen LogP contribution in [0.1, 0.15) is 31.4 Å². The number of benzene rings is 1. The Bertz CT molecular complexity index is 478. The molecule has 0 aliphatic rings. The van der Waals surface area contributed by atoms with E-state index in [0.717, 1.165) is 0 Å². The SMILES string of the molecule is CCN(CCC(=O)O)C(=O)CC(O)c1cccc(F)c1. The number of aliphatic hydroxyl groups is 1. The third-order valence-electron chi connectivity index (χ3n) is 2.93. The fraction of sp³-hybridized carbons (Fsp3) is 0.429. The summed E-state index contributed by atoms with van der Waals surface area (Å²) in [4.78, 5) is 23.8. The van der Waals surface area contributed by atoms with Crippen LogP contribution in [0, 0.1) is 5.82 Å². The Morgan fingerprint density at radius 1 is 1.40 bits per heavy atom. The highest BCUT2D eigenvalue weighted by Gasteiger charge is 2.18. The van der Waals surface area contributed by atoms with Crippen molar-refractivity contribution in [1.29, 1.82) is 0 Å². The van der Waals surface area contributed by atoms with Crippen molar-refractivity contribution in [2.45, 2.75) is 25.9 Å². The van der Waals surface area contributed by atoms with Gasteiger partial charge in [-0.2, -0.15) is 0 Å². The number of carboxylic acids is 1. The van der Waals surface area contributed by atoms with E-state index in [1.165, 1.54) is 29.2 Å². The van der Waals surface area contributed by atoms with Crippen LogP contribution in [0.3, 0.4) is 0 Å². The van der Waals surface area contributed by atoms with Crippen LogP contribution in [0.4, 0.5) is 4.39 Å². The topological polar surface area (TPSA) is 77.8 Å². The highest BCUT2D eigenvalue weighted by molar-refractivity contribution is 5.77. The zero-order valence-corrected chi connectivity index (χ0v) is 11.3. The van der Waals surface area contributed by atoms with Crippen LogP contribution in [-0.4, -0.2) is 40.1 Å². The first-order valence-electron chi connectivity index (χ1n) is 6.37. The zero-order chi connectivity index (χ0) is 15.1. The maximum Gasteiger partial charge on any atom is 0.305 e. The molecule has 1 amide bonds. The molecule has 0 fully saturated rings. The van der Waals surface area contributed by atoms with Gasteiger partial charge in [-0.15, -0.1) is 0 Å². The van der Waals surface area contributed by atoms with Crippen LogP contribution in [-0.2, 0) is 9.59 Å². The molecular weight excluding hydrogens is 265 g/mol. The molecule has 1 aromatic rings. The molecule has 6 heteroatoms. The summed E-state index contributed by atoms with van der Waals surface area (Å²) in [5, 5.41) is 18.5. The van der Waals surface area contributed by atoms with Crippen LogP contribution in [0.5, 0.6) is 0 Å². The lowest BCUT2D eigenvalue weighted by atomic mass is 10.1. The number of carbonyl (C=O) groups is 2. The molecule has 5 nitrogen and oxygen atoms in total. The summed E-state index contributed by atoms with van der Waals surface area (Å²) in [5.74, 6) is -1.82. The minimum atomic E-state index is -1.10. The second-order valence-corrected chi connectivity index (χ2v) is 4.39. The Morgan fingerprint density at radius 3 is 2.65 bits per heavy atom. The average molecular weight is 283 g/mol. The molecule has 0 radical (unpaired) electrons. The van der Waals surface area contributed by atoms with Crippen LogP contribution in [0.15, 0.2) is 24.3 Å². The number of aliphatic hydroxyl groups excluding tert-OH is 1. The van der Waals surface area contributed by atoms with E-state index < -0.39 is 17.9 Å². The van der Waals surface area contributed by atoms with E-state index in [0.29, 0.717) is 12.1 Å². The van der Waals surface area contributed by atoms with Gasteiger partial charge in [-0.3, -0.25) is 9.59 Å². The Labute approximate surface area is 116 Å². The second-order valence-electron chi connectivity index (χ2n) is 4.39. The van der Waals surface area contributed by atoms with E-state index in [-0.39, 0.29) is 25.3 Å². The van der Waals surface area contributed by atoms with Crippen molar-refractivity contribution in [3.8, 4) is 0 Å². The number of carbonyl (C=O) groups excluding carboxylic acids is 1. The molecule has 110 valence electrons. The van der Waals surface area contributed by atoms with Gasteiger partial charge in [0.1, 0.15) is 5.82 Å². The number of carboxylic acid groups (broad SMARTS) is 1. The smallest absolute Gasteiger partial charge is 0.305 e. The maximum atomic E-state index is 13.0. The molecular formula is C14H18FNO4. The largest absolute Gasteiger partial charge is 0.481 e. The standard InChI is InChI=1S/C14H18FNO4/c1-2-16(7-6-14(19)20)13(18)9-12(17)10-4-3-5-11(15)8-10/h3-5,8,12,17H,2,6-7,9H2,1H3,(H,19,20). The van der Waals surface area contributed by atoms with Crippen molar-refractivity contribution in [2.24, 2.45) is 0 Å². The molecule has 2 N–H and O–H groups in total. The quantitative estimate of drug-likeness (QED) is 0.796. The van der Waals surface area contributed by atoms with E-state index in [4.69, 9.17) is 5.11 Å². The van der Waals surface area contributed by atoms with E-state index >= 15 is 0 Å². The number of halogens is 1. The lowest BCUT2D eigenvalue weighted by Gasteiger charge is -2.21. The summed E-state index contributed by atoms with van der Waals surface area (Å²) in [6.45, 7) is 2.19. The minimum absolute atomic E-state index is 0.0978. The summed E-state index contributed by atoms with van der Waals surface area (Å²) in [6.07, 6.45) is -1.44. The molecule has 0 saturated carbocycles. The van der Waals surface area contributed by atoms with Crippen molar-refractivity contribution >= 4 is 11.9 Å².